The van der Waals surface area contributed by atoms with Gasteiger partial charge in [0, 0.05) is 17.1 Å². The third-order valence-corrected chi connectivity index (χ3v) is 3.11. The average molecular weight is 265 g/mol. The minimum absolute atomic E-state index is 0.0261. The van der Waals surface area contributed by atoms with Crippen LogP contribution in [-0.4, -0.2) is 9.91 Å². The summed E-state index contributed by atoms with van der Waals surface area (Å²) in [6, 6.07) is 4.87. The van der Waals surface area contributed by atoms with Crippen molar-refractivity contribution in [1.29, 1.82) is 0 Å². The Labute approximate surface area is 106 Å². The molecule has 0 bridgehead atoms. The van der Waals surface area contributed by atoms with E-state index in [4.69, 9.17) is 0 Å². The van der Waals surface area contributed by atoms with Crippen molar-refractivity contribution < 1.29 is 4.92 Å². The number of aromatic amines is 1. The first-order valence-corrected chi connectivity index (χ1v) is 6.10. The molecule has 0 aliphatic heterocycles. The maximum Gasteiger partial charge on any atom is 0.304 e. The summed E-state index contributed by atoms with van der Waals surface area (Å²) in [5, 5.41) is 15.5. The fourth-order valence-corrected chi connectivity index (χ4v) is 2.12. The lowest BCUT2D eigenvalue weighted by Crippen LogP contribution is -2.05. The number of aryl methyl sites for hydroxylation is 1. The van der Waals surface area contributed by atoms with Gasteiger partial charge in [-0.25, -0.2) is 0 Å². The normalized spacial score (nSPS) is 10.3. The highest BCUT2D eigenvalue weighted by Crippen LogP contribution is 2.25. The summed E-state index contributed by atoms with van der Waals surface area (Å²) >= 11 is 1.07. The Bertz CT molecular complexity index is 632. The van der Waals surface area contributed by atoms with Crippen LogP contribution in [0.2, 0.25) is 0 Å². The average Bonchev–Trinajstić information content (AvgIpc) is 2.72. The molecular formula is C11H11N3O3S. The van der Waals surface area contributed by atoms with Crippen LogP contribution in [0.15, 0.2) is 28.4 Å². The molecule has 2 N–H and O–H groups in total. The molecule has 7 heteroatoms. The summed E-state index contributed by atoms with van der Waals surface area (Å²) in [4.78, 5) is 23.9. The second-order valence-electron chi connectivity index (χ2n) is 3.80. The number of nitrogens with one attached hydrogen (secondary N) is 2. The molecule has 94 valence electrons. The van der Waals surface area contributed by atoms with Gasteiger partial charge in [-0.1, -0.05) is 17.4 Å². The van der Waals surface area contributed by atoms with Gasteiger partial charge in [-0.15, -0.1) is 0 Å². The van der Waals surface area contributed by atoms with Gasteiger partial charge in [0.25, 0.3) is 5.69 Å². The molecule has 2 aromatic rings. The quantitative estimate of drug-likeness (QED) is 0.655. The van der Waals surface area contributed by atoms with E-state index in [2.05, 4.69) is 10.3 Å². The highest BCUT2D eigenvalue weighted by atomic mass is 32.1. The van der Waals surface area contributed by atoms with Gasteiger partial charge in [0.2, 0.25) is 0 Å². The number of thiazole rings is 1. The van der Waals surface area contributed by atoms with Crippen LogP contribution in [0.3, 0.4) is 0 Å². The van der Waals surface area contributed by atoms with Crippen molar-refractivity contribution in [3.05, 3.63) is 54.6 Å². The molecule has 1 aromatic heterocycles. The minimum atomic E-state index is -0.432. The molecule has 0 amide bonds. The molecule has 6 nitrogen and oxygen atoms in total. The number of nitrogens with zero attached hydrogens (tertiary/aromatic N) is 1. The maximum absolute atomic E-state index is 11.0. The van der Waals surface area contributed by atoms with Crippen molar-refractivity contribution in [2.24, 2.45) is 0 Å². The first-order chi connectivity index (χ1) is 8.56. The van der Waals surface area contributed by atoms with Gasteiger partial charge >= 0.3 is 4.87 Å². The van der Waals surface area contributed by atoms with Gasteiger partial charge in [0.05, 0.1) is 11.5 Å². The Balaban J connectivity index is 2.20. The summed E-state index contributed by atoms with van der Waals surface area (Å²) < 4.78 is 0. The van der Waals surface area contributed by atoms with Gasteiger partial charge in [-0.3, -0.25) is 14.9 Å². The number of benzene rings is 1. The molecule has 0 saturated carbocycles. The minimum Gasteiger partial charge on any atom is -0.374 e. The second-order valence-corrected chi connectivity index (χ2v) is 4.65. The first-order valence-electron chi connectivity index (χ1n) is 5.22. The van der Waals surface area contributed by atoms with Gasteiger partial charge in [-0.2, -0.15) is 0 Å². The first kappa shape index (κ1) is 12.3. The van der Waals surface area contributed by atoms with Gasteiger partial charge in [0.15, 0.2) is 0 Å². The molecule has 18 heavy (non-hydrogen) atoms. The number of anilines is 1. The molecule has 0 unspecified atom stereocenters. The molecule has 0 radical (unpaired) electrons. The summed E-state index contributed by atoms with van der Waals surface area (Å²) in [7, 11) is 0. The largest absolute Gasteiger partial charge is 0.374 e. The number of H-pyrrole nitrogens is 1. The zero-order valence-electron chi connectivity index (χ0n) is 9.60. The van der Waals surface area contributed by atoms with Gasteiger partial charge < -0.3 is 10.3 Å². The SMILES string of the molecule is Cc1ccc([N+](=O)[O-])c(NCc2csc(=O)[nH]2)c1. The van der Waals surface area contributed by atoms with E-state index in [1.54, 1.807) is 17.5 Å². The lowest BCUT2D eigenvalue weighted by Gasteiger charge is -2.06. The molecule has 0 spiro atoms. The van der Waals surface area contributed by atoms with Crippen LogP contribution in [-0.2, 0) is 6.54 Å². The second kappa shape index (κ2) is 5.01. The smallest absolute Gasteiger partial charge is 0.304 e. The van der Waals surface area contributed by atoms with Crippen molar-refractivity contribution in [3.63, 3.8) is 0 Å². The Hall–Kier alpha value is -2.15. The van der Waals surface area contributed by atoms with E-state index in [0.717, 1.165) is 16.9 Å². The van der Waals surface area contributed by atoms with E-state index in [1.165, 1.54) is 6.07 Å². The monoisotopic (exact) mass is 265 g/mol. The van der Waals surface area contributed by atoms with Crippen LogP contribution in [0.1, 0.15) is 11.3 Å². The van der Waals surface area contributed by atoms with Crippen LogP contribution >= 0.6 is 11.3 Å². The number of nitro benzene ring substituents is 1. The van der Waals surface area contributed by atoms with E-state index in [1.807, 2.05) is 6.92 Å². The van der Waals surface area contributed by atoms with Crippen molar-refractivity contribution in [2.75, 3.05) is 5.32 Å². The summed E-state index contributed by atoms with van der Waals surface area (Å²) in [5.74, 6) is 0. The fraction of sp³-hybridized carbons (Fsp3) is 0.182. The number of hydrogen-bond acceptors (Lipinski definition) is 5. The molecule has 1 heterocycles. The van der Waals surface area contributed by atoms with E-state index in [9.17, 15) is 14.9 Å². The molecule has 0 aliphatic rings. The predicted octanol–water partition coefficient (Wildman–Crippen LogP) is 2.27. The molecule has 0 aliphatic carbocycles. The van der Waals surface area contributed by atoms with Gasteiger partial charge in [0.1, 0.15) is 5.69 Å². The van der Waals surface area contributed by atoms with E-state index >= 15 is 0 Å². The van der Waals surface area contributed by atoms with Crippen LogP contribution in [0.4, 0.5) is 11.4 Å². The van der Waals surface area contributed by atoms with Crippen LogP contribution < -0.4 is 10.2 Å². The molecule has 0 atom stereocenters. The van der Waals surface area contributed by atoms with Crippen molar-refractivity contribution >= 4 is 22.7 Å². The number of aromatic nitrogens is 1. The fourth-order valence-electron chi connectivity index (χ4n) is 1.54. The highest BCUT2D eigenvalue weighted by molar-refractivity contribution is 7.07. The van der Waals surface area contributed by atoms with Crippen molar-refractivity contribution in [1.82, 2.24) is 4.98 Å². The zero-order chi connectivity index (χ0) is 13.1. The summed E-state index contributed by atoms with van der Waals surface area (Å²) in [6.07, 6.45) is 0. The van der Waals surface area contributed by atoms with E-state index in [-0.39, 0.29) is 10.6 Å². The van der Waals surface area contributed by atoms with E-state index < -0.39 is 4.92 Å². The molecule has 2 rings (SSSR count). The molecular weight excluding hydrogens is 254 g/mol. The Kier molecular flexibility index (Phi) is 3.42. The molecule has 1 aromatic carbocycles. The van der Waals surface area contributed by atoms with Crippen molar-refractivity contribution in [3.8, 4) is 0 Å². The Morgan fingerprint density at radius 1 is 1.50 bits per heavy atom. The summed E-state index contributed by atoms with van der Waals surface area (Å²) in [5.41, 5.74) is 2.12. The standard InChI is InChI=1S/C11H11N3O3S/c1-7-2-3-10(14(16)17)9(4-7)12-5-8-6-18-11(15)13-8/h2-4,6,12H,5H2,1H3,(H,13,15). The van der Waals surface area contributed by atoms with Crippen molar-refractivity contribution in [2.45, 2.75) is 13.5 Å². The maximum atomic E-state index is 11.0. The van der Waals surface area contributed by atoms with Gasteiger partial charge in [-0.05, 0) is 18.6 Å². The zero-order valence-corrected chi connectivity index (χ0v) is 10.4. The Morgan fingerprint density at radius 3 is 2.89 bits per heavy atom. The topological polar surface area (TPSA) is 88.0 Å². The predicted molar refractivity (Wildman–Crippen MR) is 70.1 cm³/mol. The number of nitro groups is 1. The van der Waals surface area contributed by atoms with Crippen LogP contribution in [0, 0.1) is 17.0 Å². The Morgan fingerprint density at radius 2 is 2.28 bits per heavy atom. The van der Waals surface area contributed by atoms with Crippen LogP contribution in [0.25, 0.3) is 0 Å². The summed E-state index contributed by atoms with van der Waals surface area (Å²) in [6.45, 7) is 2.21. The lowest BCUT2D eigenvalue weighted by molar-refractivity contribution is -0.384. The van der Waals surface area contributed by atoms with Crippen LogP contribution in [0.5, 0.6) is 0 Å². The third kappa shape index (κ3) is 2.75. The molecule has 0 saturated heterocycles. The lowest BCUT2D eigenvalue weighted by atomic mass is 10.2. The number of rotatable bonds is 4. The van der Waals surface area contributed by atoms with E-state index in [0.29, 0.717) is 17.9 Å². The highest BCUT2D eigenvalue weighted by Gasteiger charge is 2.13. The number of hydrogen-bond donors (Lipinski definition) is 2. The molecule has 0 fully saturated rings. The third-order valence-electron chi connectivity index (χ3n) is 2.39.